The molecule has 14 heteroatoms. The van der Waals surface area contributed by atoms with Crippen LogP contribution in [0.5, 0.6) is 0 Å². The van der Waals surface area contributed by atoms with Gasteiger partial charge in [0.2, 0.25) is 23.6 Å². The van der Waals surface area contributed by atoms with Crippen LogP contribution in [0.2, 0.25) is 5.02 Å². The van der Waals surface area contributed by atoms with E-state index in [9.17, 15) is 19.2 Å². The van der Waals surface area contributed by atoms with E-state index in [1.165, 1.54) is 0 Å². The van der Waals surface area contributed by atoms with Crippen molar-refractivity contribution >= 4 is 64.5 Å². The standard InChI is InChI=1S/C30H42B3ClN6O4/c1-19-16-22(6-7-23(19)34)36-28(43)24(10-11-35)37-29(44)25-17-20-4-2-3-5-21(20)18-40(25)27(42)9-8-26(41)38-12-14-39(15-13-38)30(31,32)33/h2-7,16,24-25H,8-15,17-18,31-33,35H2,1H3,(H,36,43)(H,37,44)/t24-,25-/m0/s1. The van der Waals surface area contributed by atoms with E-state index in [0.717, 1.165) is 29.8 Å². The number of piperazine rings is 1. The van der Waals surface area contributed by atoms with Crippen molar-refractivity contribution < 1.29 is 19.2 Å². The minimum atomic E-state index is -0.897. The summed E-state index contributed by atoms with van der Waals surface area (Å²) >= 11 is 6.12. The Morgan fingerprint density at radius 3 is 2.30 bits per heavy atom. The Kier molecular flexibility index (Phi) is 11.2. The molecule has 0 aromatic heterocycles. The molecule has 4 amide bonds. The molecule has 0 bridgehead atoms. The number of nitrogens with zero attached hydrogens (tertiary/aromatic N) is 3. The second kappa shape index (κ2) is 14.7. The fourth-order valence-electron chi connectivity index (χ4n) is 5.82. The molecule has 10 nitrogen and oxygen atoms in total. The maximum absolute atomic E-state index is 13.7. The van der Waals surface area contributed by atoms with Gasteiger partial charge in [0.15, 0.2) is 0 Å². The normalized spacial score (nSPS) is 17.8. The van der Waals surface area contributed by atoms with Gasteiger partial charge in [0.25, 0.3) is 0 Å². The van der Waals surface area contributed by atoms with Crippen LogP contribution in [0.15, 0.2) is 42.5 Å². The van der Waals surface area contributed by atoms with Crippen molar-refractivity contribution in [1.29, 1.82) is 0 Å². The Balaban J connectivity index is 1.42. The van der Waals surface area contributed by atoms with Gasteiger partial charge in [-0.05, 0) is 54.8 Å². The van der Waals surface area contributed by atoms with Crippen LogP contribution in [-0.4, -0.2) is 112 Å². The number of hydrogen-bond acceptors (Lipinski definition) is 6. The van der Waals surface area contributed by atoms with Crippen LogP contribution in [0.1, 0.15) is 36.0 Å². The fraction of sp³-hybridized carbons (Fsp3) is 0.467. The summed E-state index contributed by atoms with van der Waals surface area (Å²) < 4.78 is 0. The van der Waals surface area contributed by atoms with E-state index in [2.05, 4.69) is 39.1 Å². The van der Waals surface area contributed by atoms with Gasteiger partial charge >= 0.3 is 0 Å². The molecule has 0 aliphatic carbocycles. The van der Waals surface area contributed by atoms with Crippen molar-refractivity contribution in [2.75, 3.05) is 38.0 Å². The minimum Gasteiger partial charge on any atom is -0.342 e. The quantitative estimate of drug-likeness (QED) is 0.288. The highest BCUT2D eigenvalue weighted by Crippen LogP contribution is 2.25. The van der Waals surface area contributed by atoms with Crippen LogP contribution in [0.3, 0.4) is 0 Å². The van der Waals surface area contributed by atoms with E-state index in [4.69, 9.17) is 17.3 Å². The summed E-state index contributed by atoms with van der Waals surface area (Å²) in [5.74, 6) is -1.16. The van der Waals surface area contributed by atoms with Gasteiger partial charge in [-0.2, -0.15) is 0 Å². The number of nitrogens with two attached hydrogens (primary N) is 1. The lowest BCUT2D eigenvalue weighted by molar-refractivity contribution is -0.144. The predicted octanol–water partition coefficient (Wildman–Crippen LogP) is -1.19. The van der Waals surface area contributed by atoms with Crippen LogP contribution >= 0.6 is 11.6 Å². The highest BCUT2D eigenvalue weighted by atomic mass is 35.5. The van der Waals surface area contributed by atoms with Crippen LogP contribution in [-0.2, 0) is 32.1 Å². The Morgan fingerprint density at radius 1 is 1.00 bits per heavy atom. The Bertz CT molecular complexity index is 1380. The molecule has 2 aromatic carbocycles. The molecule has 0 radical (unpaired) electrons. The van der Waals surface area contributed by atoms with Crippen molar-refractivity contribution in [2.24, 2.45) is 5.73 Å². The molecular weight excluding hydrogens is 576 g/mol. The zero-order chi connectivity index (χ0) is 32.0. The number of hydrogen-bond donors (Lipinski definition) is 3. The molecule has 4 N–H and O–H groups in total. The first-order valence-corrected chi connectivity index (χ1v) is 15.7. The molecule has 232 valence electrons. The number of rotatable bonds is 10. The second-order valence-electron chi connectivity index (χ2n) is 12.6. The number of aryl methyl sites for hydroxylation is 1. The summed E-state index contributed by atoms with van der Waals surface area (Å²) in [7, 11) is 6.49. The molecule has 2 aliphatic rings. The van der Waals surface area contributed by atoms with Crippen LogP contribution in [0, 0.1) is 6.92 Å². The second-order valence-corrected chi connectivity index (χ2v) is 13.0. The van der Waals surface area contributed by atoms with E-state index in [0.29, 0.717) is 30.2 Å². The summed E-state index contributed by atoms with van der Waals surface area (Å²) in [5, 5.41) is 6.32. The van der Waals surface area contributed by atoms with Crippen molar-refractivity contribution in [3.8, 4) is 0 Å². The van der Waals surface area contributed by atoms with Crippen molar-refractivity contribution in [3.05, 3.63) is 64.2 Å². The fourth-order valence-corrected chi connectivity index (χ4v) is 5.93. The summed E-state index contributed by atoms with van der Waals surface area (Å²) in [6.45, 7) is 5.13. The highest BCUT2D eigenvalue weighted by molar-refractivity contribution is 6.59. The zero-order valence-electron chi connectivity index (χ0n) is 26.2. The van der Waals surface area contributed by atoms with Crippen molar-refractivity contribution in [3.63, 3.8) is 0 Å². The third kappa shape index (κ3) is 8.46. The predicted molar refractivity (Wildman–Crippen MR) is 181 cm³/mol. The summed E-state index contributed by atoms with van der Waals surface area (Å²) in [6.07, 6.45) is 0.620. The minimum absolute atomic E-state index is 0.00684. The van der Waals surface area contributed by atoms with Crippen LogP contribution in [0.25, 0.3) is 0 Å². The third-order valence-electron chi connectivity index (χ3n) is 8.52. The van der Waals surface area contributed by atoms with Crippen molar-refractivity contribution in [2.45, 2.75) is 56.5 Å². The first-order valence-electron chi connectivity index (χ1n) is 15.3. The number of benzene rings is 2. The Hall–Kier alpha value is -3.28. The average molecular weight is 619 g/mol. The lowest BCUT2D eigenvalue weighted by Gasteiger charge is -2.43. The molecule has 1 saturated heterocycles. The van der Waals surface area contributed by atoms with Crippen molar-refractivity contribution in [1.82, 2.24) is 20.0 Å². The maximum Gasteiger partial charge on any atom is 0.246 e. The zero-order valence-corrected chi connectivity index (χ0v) is 27.0. The molecule has 4 rings (SSSR count). The molecule has 0 unspecified atom stereocenters. The summed E-state index contributed by atoms with van der Waals surface area (Å²) in [4.78, 5) is 59.3. The van der Waals surface area contributed by atoms with Gasteiger partial charge in [-0.1, -0.05) is 41.1 Å². The van der Waals surface area contributed by atoms with E-state index in [1.807, 2.05) is 36.1 Å². The van der Waals surface area contributed by atoms with Gasteiger partial charge in [0, 0.05) is 62.7 Å². The molecule has 2 atom stereocenters. The van der Waals surface area contributed by atoms with Gasteiger partial charge in [-0.15, -0.1) is 0 Å². The lowest BCUT2D eigenvalue weighted by atomic mass is 9.48. The van der Waals surface area contributed by atoms with E-state index in [1.54, 1.807) is 23.1 Å². The largest absolute Gasteiger partial charge is 0.342 e. The Morgan fingerprint density at radius 2 is 1.66 bits per heavy atom. The Labute approximate surface area is 267 Å². The summed E-state index contributed by atoms with van der Waals surface area (Å²) in [6, 6.07) is 11.1. The number of carbonyl (C=O) groups is 4. The monoisotopic (exact) mass is 618 g/mol. The first kappa shape index (κ1) is 33.6. The molecule has 2 aliphatic heterocycles. The first-order chi connectivity index (χ1) is 20.9. The molecule has 44 heavy (non-hydrogen) atoms. The lowest BCUT2D eigenvalue weighted by Crippen LogP contribution is -2.59. The van der Waals surface area contributed by atoms with Gasteiger partial charge in [-0.3, -0.25) is 19.2 Å². The van der Waals surface area contributed by atoms with Crippen LogP contribution < -0.4 is 16.4 Å². The number of carbonyl (C=O) groups excluding carboxylic acids is 4. The SMILES string of the molecule is BC(B)(B)N1CCN(C(=O)CCC(=O)N2Cc3ccccc3C[C@H]2C(=O)N[C@@H](CCN)C(=O)Nc2ccc(Cl)c(C)c2)CC1. The van der Waals surface area contributed by atoms with Gasteiger partial charge < -0.3 is 31.1 Å². The number of anilines is 1. The van der Waals surface area contributed by atoms with E-state index < -0.39 is 23.9 Å². The number of fused-ring (bicyclic) bond motifs is 1. The van der Waals surface area contributed by atoms with Gasteiger partial charge in [0.05, 0.1) is 0 Å². The number of amides is 4. The smallest absolute Gasteiger partial charge is 0.246 e. The van der Waals surface area contributed by atoms with E-state index >= 15 is 0 Å². The highest BCUT2D eigenvalue weighted by Gasteiger charge is 2.36. The maximum atomic E-state index is 13.7. The number of halogens is 1. The molecule has 0 saturated carbocycles. The van der Waals surface area contributed by atoms with Gasteiger partial charge in [-0.25, -0.2) is 0 Å². The average Bonchev–Trinajstić information content (AvgIpc) is 3.00. The molecule has 1 fully saturated rings. The van der Waals surface area contributed by atoms with E-state index in [-0.39, 0.29) is 49.4 Å². The molecule has 2 aromatic rings. The molecule has 0 spiro atoms. The molecule has 2 heterocycles. The van der Waals surface area contributed by atoms with Crippen LogP contribution in [0.4, 0.5) is 5.69 Å². The summed E-state index contributed by atoms with van der Waals surface area (Å²) in [5.41, 5.74) is 9.11. The molecular formula is C30H42B3ClN6O4. The third-order valence-corrected chi connectivity index (χ3v) is 8.94. The topological polar surface area (TPSA) is 128 Å². The number of nitrogens with one attached hydrogen (secondary N) is 2. The van der Waals surface area contributed by atoms with Gasteiger partial charge in [0.1, 0.15) is 35.6 Å².